The topological polar surface area (TPSA) is 141 Å². The fourth-order valence-electron chi connectivity index (χ4n) is 5.66. The number of methoxy groups -OCH3 is 5. The molecule has 0 radical (unpaired) electrons. The minimum Gasteiger partial charge on any atom is -0.383 e. The van der Waals surface area contributed by atoms with Gasteiger partial charge < -0.3 is 43.3 Å². The van der Waals surface area contributed by atoms with Gasteiger partial charge in [0, 0.05) is 81.4 Å². The number of anilines is 4. The Morgan fingerprint density at radius 3 is 1.67 bits per heavy atom. The Bertz CT molecular complexity index is 1340. The minimum atomic E-state index is 0.221. The van der Waals surface area contributed by atoms with E-state index in [1.807, 2.05) is 4.68 Å². The molecule has 1 saturated heterocycles. The molecule has 0 N–H and O–H groups in total. The van der Waals surface area contributed by atoms with Crippen LogP contribution in [0.1, 0.15) is 18.7 Å². The summed E-state index contributed by atoms with van der Waals surface area (Å²) in [7, 11) is 8.56. The third-order valence-corrected chi connectivity index (χ3v) is 8.29. The molecule has 0 spiro atoms. The summed E-state index contributed by atoms with van der Waals surface area (Å²) < 4.78 is 29.4. The Labute approximate surface area is 264 Å². The summed E-state index contributed by atoms with van der Waals surface area (Å²) in [5.74, 6) is 3.57. The summed E-state index contributed by atoms with van der Waals surface area (Å²) in [6, 6.07) is 0. The van der Waals surface area contributed by atoms with Crippen LogP contribution in [0.4, 0.5) is 23.5 Å². The number of hydrogen-bond acceptors (Lipinski definition) is 15. The second-order valence-electron chi connectivity index (χ2n) is 11.1. The first-order chi connectivity index (χ1) is 22.1. The lowest BCUT2D eigenvalue weighted by molar-refractivity contribution is 0.0818. The first kappa shape index (κ1) is 32.9. The third-order valence-electron chi connectivity index (χ3n) is 8.29. The molecule has 2 aliphatic rings. The Morgan fingerprint density at radius 1 is 0.667 bits per heavy atom. The van der Waals surface area contributed by atoms with Gasteiger partial charge in [0.25, 0.3) is 0 Å². The highest BCUT2D eigenvalue weighted by Gasteiger charge is 2.29. The van der Waals surface area contributed by atoms with Crippen molar-refractivity contribution in [1.82, 2.24) is 34.7 Å². The van der Waals surface area contributed by atoms with Crippen LogP contribution < -0.4 is 19.6 Å². The summed E-state index contributed by atoms with van der Waals surface area (Å²) >= 11 is 0. The van der Waals surface area contributed by atoms with Gasteiger partial charge in [-0.2, -0.15) is 15.1 Å². The van der Waals surface area contributed by atoms with Gasteiger partial charge >= 0.3 is 0 Å². The van der Waals surface area contributed by atoms with Gasteiger partial charge in [0.1, 0.15) is 23.2 Å². The van der Waals surface area contributed by atoms with Crippen LogP contribution in [0.2, 0.25) is 0 Å². The maximum Gasteiger partial charge on any atom is 0.228 e. The number of nitrogens with zero attached hydrogens (tertiary/aromatic N) is 11. The largest absolute Gasteiger partial charge is 0.383 e. The van der Waals surface area contributed by atoms with E-state index in [1.54, 1.807) is 41.9 Å². The van der Waals surface area contributed by atoms with Crippen molar-refractivity contribution < 1.29 is 23.7 Å². The molecule has 3 aromatic rings. The average Bonchev–Trinajstić information content (AvgIpc) is 3.56. The molecule has 2 aliphatic heterocycles. The lowest BCUT2D eigenvalue weighted by Crippen LogP contribution is -2.39. The van der Waals surface area contributed by atoms with Crippen LogP contribution in [-0.2, 0) is 36.8 Å². The van der Waals surface area contributed by atoms with Crippen LogP contribution in [0.3, 0.4) is 0 Å². The molecular formula is C29H47N11O5. The predicted octanol–water partition coefficient (Wildman–Crippen LogP) is 0.845. The van der Waals surface area contributed by atoms with Crippen molar-refractivity contribution in [3.63, 3.8) is 0 Å². The molecule has 248 valence electrons. The molecule has 0 amide bonds. The highest BCUT2D eigenvalue weighted by atomic mass is 16.5. The zero-order chi connectivity index (χ0) is 31.6. The molecule has 16 heteroatoms. The molecule has 0 aromatic carbocycles. The van der Waals surface area contributed by atoms with Gasteiger partial charge in [0.2, 0.25) is 11.9 Å². The van der Waals surface area contributed by atoms with Crippen molar-refractivity contribution in [2.75, 3.05) is 127 Å². The molecule has 45 heavy (non-hydrogen) atoms. The fourth-order valence-corrected chi connectivity index (χ4v) is 5.66. The molecule has 0 saturated carbocycles. The molecule has 0 atom stereocenters. The summed E-state index contributed by atoms with van der Waals surface area (Å²) in [5, 5.41) is 4.38. The number of fused-ring (bicyclic) bond motifs is 2. The van der Waals surface area contributed by atoms with Crippen LogP contribution in [0, 0.1) is 0 Å². The molecule has 16 nitrogen and oxygen atoms in total. The Morgan fingerprint density at radius 2 is 1.18 bits per heavy atom. The molecule has 0 bridgehead atoms. The van der Waals surface area contributed by atoms with Crippen molar-refractivity contribution in [1.29, 1.82) is 0 Å². The summed E-state index contributed by atoms with van der Waals surface area (Å²) in [6.07, 6.45) is 3.62. The normalized spacial score (nSPS) is 15.6. The van der Waals surface area contributed by atoms with Gasteiger partial charge in [-0.05, 0) is 12.8 Å². The van der Waals surface area contributed by atoms with Crippen molar-refractivity contribution in [2.24, 2.45) is 0 Å². The zero-order valence-electron chi connectivity index (χ0n) is 27.2. The van der Waals surface area contributed by atoms with Gasteiger partial charge in [0.05, 0.1) is 45.6 Å². The van der Waals surface area contributed by atoms with Gasteiger partial charge in [-0.1, -0.05) is 0 Å². The van der Waals surface area contributed by atoms with E-state index in [4.69, 9.17) is 43.6 Å². The smallest absolute Gasteiger partial charge is 0.228 e. The van der Waals surface area contributed by atoms with Crippen molar-refractivity contribution in [3.05, 3.63) is 12.2 Å². The van der Waals surface area contributed by atoms with E-state index in [9.17, 15) is 0 Å². The SMILES string of the molecule is COCCN(CCOC)c1nc(N2CCn3ncnc3C2)c2nc(N(CCOC)CCOC)nc(N3CCC(OC)CC3)c2n1. The maximum atomic E-state index is 5.69. The number of aromatic nitrogens is 7. The maximum absolute atomic E-state index is 5.69. The van der Waals surface area contributed by atoms with E-state index >= 15 is 0 Å². The Kier molecular flexibility index (Phi) is 11.9. The third kappa shape index (κ3) is 7.87. The van der Waals surface area contributed by atoms with Crippen molar-refractivity contribution >= 4 is 34.6 Å². The van der Waals surface area contributed by atoms with Crippen LogP contribution in [-0.4, -0.2) is 149 Å². The van der Waals surface area contributed by atoms with Crippen LogP contribution in [0.15, 0.2) is 6.33 Å². The highest BCUT2D eigenvalue weighted by molar-refractivity contribution is 5.95. The van der Waals surface area contributed by atoms with Gasteiger partial charge in [-0.3, -0.25) is 0 Å². The zero-order valence-corrected chi connectivity index (χ0v) is 27.2. The lowest BCUT2D eigenvalue weighted by Gasteiger charge is -2.34. The van der Waals surface area contributed by atoms with E-state index in [2.05, 4.69) is 29.7 Å². The van der Waals surface area contributed by atoms with E-state index in [-0.39, 0.29) is 6.10 Å². The summed E-state index contributed by atoms with van der Waals surface area (Å²) in [6.45, 7) is 8.04. The summed E-state index contributed by atoms with van der Waals surface area (Å²) in [5.41, 5.74) is 1.40. The van der Waals surface area contributed by atoms with E-state index in [1.165, 1.54) is 0 Å². The van der Waals surface area contributed by atoms with Crippen LogP contribution in [0.5, 0.6) is 0 Å². The van der Waals surface area contributed by atoms with Crippen molar-refractivity contribution in [3.8, 4) is 0 Å². The van der Waals surface area contributed by atoms with Crippen LogP contribution >= 0.6 is 0 Å². The second-order valence-corrected chi connectivity index (χ2v) is 11.1. The van der Waals surface area contributed by atoms with Gasteiger partial charge in [0.15, 0.2) is 11.6 Å². The minimum absolute atomic E-state index is 0.221. The molecule has 0 aliphatic carbocycles. The Hall–Kier alpha value is -3.44. The molecule has 5 rings (SSSR count). The monoisotopic (exact) mass is 629 g/mol. The molecular weight excluding hydrogens is 582 g/mol. The fraction of sp³-hybridized carbons (Fsp3) is 0.724. The lowest BCUT2D eigenvalue weighted by atomic mass is 10.1. The first-order valence-electron chi connectivity index (χ1n) is 15.5. The molecule has 5 heterocycles. The first-order valence-corrected chi connectivity index (χ1v) is 15.5. The molecule has 0 unspecified atom stereocenters. The van der Waals surface area contributed by atoms with Crippen molar-refractivity contribution in [2.45, 2.75) is 32.0 Å². The predicted molar refractivity (Wildman–Crippen MR) is 170 cm³/mol. The Balaban J connectivity index is 1.69. The molecule has 3 aromatic heterocycles. The standard InChI is InChI=1S/C29H47N11O5/c1-41-16-12-37(13-17-42-2)28-33-25-24(26(34-28)36-8-6-22(45-5)7-9-36)32-29(38(14-18-43-3)15-19-44-4)35-27(25)39-10-11-40-23(20-39)30-21-31-40/h21-22H,6-20H2,1-5H3. The molecule has 1 fully saturated rings. The van der Waals surface area contributed by atoms with E-state index < -0.39 is 0 Å². The number of ether oxygens (including phenoxy) is 5. The number of rotatable bonds is 17. The number of hydrogen-bond donors (Lipinski definition) is 0. The quantitative estimate of drug-likeness (QED) is 0.208. The van der Waals surface area contributed by atoms with E-state index in [0.717, 1.165) is 43.4 Å². The summed E-state index contributed by atoms with van der Waals surface area (Å²) in [4.78, 5) is 34.0. The second kappa shape index (κ2) is 16.2. The highest BCUT2D eigenvalue weighted by Crippen LogP contribution is 2.35. The van der Waals surface area contributed by atoms with Crippen LogP contribution in [0.25, 0.3) is 11.0 Å². The van der Waals surface area contributed by atoms with Gasteiger partial charge in [-0.15, -0.1) is 0 Å². The average molecular weight is 630 g/mol. The van der Waals surface area contributed by atoms with E-state index in [0.29, 0.717) is 95.2 Å². The number of piperidine rings is 1. The van der Waals surface area contributed by atoms with Gasteiger partial charge in [-0.25, -0.2) is 19.6 Å².